The van der Waals surface area contributed by atoms with Crippen LogP contribution in [-0.4, -0.2) is 51.5 Å². The number of hydrogen-bond acceptors (Lipinski definition) is 4. The molecule has 0 saturated heterocycles. The SMILES string of the molecule is CN=C(NCCc1ccc(NC(=O)OC(C)(C)C)cc1)NCC1(CCOC)CCCC1.I. The number of carbonyl (C=O) groups excluding carboxylic acids is 1. The van der Waals surface area contributed by atoms with E-state index in [1.807, 2.05) is 52.1 Å². The molecule has 1 saturated carbocycles. The van der Waals surface area contributed by atoms with E-state index in [0.29, 0.717) is 5.41 Å². The lowest BCUT2D eigenvalue weighted by molar-refractivity contribution is 0.0636. The molecule has 1 aromatic carbocycles. The molecule has 32 heavy (non-hydrogen) atoms. The van der Waals surface area contributed by atoms with E-state index in [1.165, 1.54) is 31.2 Å². The summed E-state index contributed by atoms with van der Waals surface area (Å²) in [5.41, 5.74) is 1.72. The zero-order valence-corrected chi connectivity index (χ0v) is 22.6. The van der Waals surface area contributed by atoms with E-state index in [9.17, 15) is 4.79 Å². The standard InChI is InChI=1S/C24H40N4O3.HI/c1-23(2,3)31-22(29)28-20-10-8-19(9-11-20)12-16-26-21(25-4)27-18-24(15-17-30-5)13-6-7-14-24;/h8-11H,6-7,12-18H2,1-5H3,(H,28,29)(H2,25,26,27);1H. The number of methoxy groups -OCH3 is 1. The van der Waals surface area contributed by atoms with Crippen LogP contribution in [0, 0.1) is 5.41 Å². The topological polar surface area (TPSA) is 84.0 Å². The van der Waals surface area contributed by atoms with Crippen LogP contribution in [0.25, 0.3) is 0 Å². The molecule has 7 nitrogen and oxygen atoms in total. The van der Waals surface area contributed by atoms with E-state index < -0.39 is 11.7 Å². The van der Waals surface area contributed by atoms with Gasteiger partial charge in [-0.15, -0.1) is 24.0 Å². The number of nitrogens with zero attached hydrogens (tertiary/aromatic N) is 1. The fourth-order valence-electron chi connectivity index (χ4n) is 3.95. The first-order valence-corrected chi connectivity index (χ1v) is 11.3. The third kappa shape index (κ3) is 10.4. The molecule has 1 aromatic rings. The highest BCUT2D eigenvalue weighted by molar-refractivity contribution is 14.0. The van der Waals surface area contributed by atoms with Crippen molar-refractivity contribution in [2.75, 3.05) is 39.2 Å². The average Bonchev–Trinajstić information content (AvgIpc) is 3.18. The van der Waals surface area contributed by atoms with E-state index in [4.69, 9.17) is 9.47 Å². The molecule has 8 heteroatoms. The molecule has 3 N–H and O–H groups in total. The quantitative estimate of drug-likeness (QED) is 0.226. The van der Waals surface area contributed by atoms with Crippen LogP contribution in [0.1, 0.15) is 58.4 Å². The fraction of sp³-hybridized carbons (Fsp3) is 0.667. The average molecular weight is 561 g/mol. The van der Waals surface area contributed by atoms with Crippen LogP contribution in [-0.2, 0) is 15.9 Å². The number of nitrogens with one attached hydrogen (secondary N) is 3. The molecule has 1 fully saturated rings. The predicted octanol–water partition coefficient (Wildman–Crippen LogP) is 4.96. The summed E-state index contributed by atoms with van der Waals surface area (Å²) in [6.07, 6.45) is 6.63. The second-order valence-electron chi connectivity index (χ2n) is 9.38. The van der Waals surface area contributed by atoms with Gasteiger partial charge in [0.15, 0.2) is 5.96 Å². The number of ether oxygens (including phenoxy) is 2. The summed E-state index contributed by atoms with van der Waals surface area (Å²) >= 11 is 0. The molecular formula is C24H41IN4O3. The summed E-state index contributed by atoms with van der Waals surface area (Å²) in [5.74, 6) is 0.840. The van der Waals surface area contributed by atoms with Crippen LogP contribution in [0.4, 0.5) is 10.5 Å². The number of benzene rings is 1. The van der Waals surface area contributed by atoms with Crippen molar-refractivity contribution >= 4 is 41.7 Å². The molecule has 0 atom stereocenters. The van der Waals surface area contributed by atoms with Crippen LogP contribution in [0.15, 0.2) is 29.3 Å². The molecule has 1 amide bonds. The first-order chi connectivity index (χ1) is 14.8. The lowest BCUT2D eigenvalue weighted by Crippen LogP contribution is -2.43. The van der Waals surface area contributed by atoms with Crippen molar-refractivity contribution in [1.29, 1.82) is 0 Å². The van der Waals surface area contributed by atoms with Crippen LogP contribution in [0.2, 0.25) is 0 Å². The maximum Gasteiger partial charge on any atom is 0.412 e. The Labute approximate surface area is 210 Å². The van der Waals surface area contributed by atoms with Crippen LogP contribution >= 0.6 is 24.0 Å². The third-order valence-electron chi connectivity index (χ3n) is 5.66. The molecule has 1 aliphatic carbocycles. The molecule has 0 unspecified atom stereocenters. The first-order valence-electron chi connectivity index (χ1n) is 11.3. The highest BCUT2D eigenvalue weighted by Crippen LogP contribution is 2.40. The first kappa shape index (κ1) is 28.5. The molecular weight excluding hydrogens is 519 g/mol. The summed E-state index contributed by atoms with van der Waals surface area (Å²) in [6, 6.07) is 7.82. The molecule has 0 bridgehead atoms. The molecule has 0 spiro atoms. The maximum absolute atomic E-state index is 11.9. The van der Waals surface area contributed by atoms with Gasteiger partial charge in [0.05, 0.1) is 0 Å². The van der Waals surface area contributed by atoms with E-state index >= 15 is 0 Å². The van der Waals surface area contributed by atoms with Gasteiger partial charge in [-0.1, -0.05) is 25.0 Å². The predicted molar refractivity (Wildman–Crippen MR) is 142 cm³/mol. The monoisotopic (exact) mass is 560 g/mol. The van der Waals surface area contributed by atoms with Gasteiger partial charge in [0.25, 0.3) is 0 Å². The lowest BCUT2D eigenvalue weighted by atomic mass is 9.83. The summed E-state index contributed by atoms with van der Waals surface area (Å²) in [7, 11) is 3.58. The smallest absolute Gasteiger partial charge is 0.412 e. The maximum atomic E-state index is 11.9. The van der Waals surface area contributed by atoms with Gasteiger partial charge in [0, 0.05) is 39.5 Å². The van der Waals surface area contributed by atoms with Crippen molar-refractivity contribution in [1.82, 2.24) is 10.6 Å². The fourth-order valence-corrected chi connectivity index (χ4v) is 3.95. The number of rotatable bonds is 9. The van der Waals surface area contributed by atoms with Gasteiger partial charge in [-0.25, -0.2) is 4.79 Å². The minimum atomic E-state index is -0.510. The highest BCUT2D eigenvalue weighted by atomic mass is 127. The Morgan fingerprint density at radius 2 is 1.78 bits per heavy atom. The number of guanidine groups is 1. The van der Waals surface area contributed by atoms with E-state index in [0.717, 1.165) is 44.2 Å². The van der Waals surface area contributed by atoms with Gasteiger partial charge in [0.1, 0.15) is 5.60 Å². The molecule has 182 valence electrons. The summed E-state index contributed by atoms with van der Waals surface area (Å²) in [4.78, 5) is 16.2. The second-order valence-corrected chi connectivity index (χ2v) is 9.38. The van der Waals surface area contributed by atoms with Crippen LogP contribution in [0.5, 0.6) is 0 Å². The normalized spacial score (nSPS) is 15.6. The summed E-state index contributed by atoms with van der Waals surface area (Å²) in [5, 5.41) is 9.68. The molecule has 2 rings (SSSR count). The zero-order chi connectivity index (χ0) is 22.7. The number of halogens is 1. The Balaban J connectivity index is 0.00000512. The van der Waals surface area contributed by atoms with Gasteiger partial charge in [-0.2, -0.15) is 0 Å². The van der Waals surface area contributed by atoms with Gasteiger partial charge in [0.2, 0.25) is 0 Å². The summed E-state index contributed by atoms with van der Waals surface area (Å²) < 4.78 is 10.6. The Hall–Kier alpha value is -1.55. The van der Waals surface area contributed by atoms with E-state index in [1.54, 1.807) is 7.11 Å². The van der Waals surface area contributed by atoms with Crippen molar-refractivity contribution in [3.8, 4) is 0 Å². The molecule has 0 aromatic heterocycles. The van der Waals surface area contributed by atoms with E-state index in [-0.39, 0.29) is 24.0 Å². The van der Waals surface area contributed by atoms with Crippen LogP contribution in [0.3, 0.4) is 0 Å². The second kappa shape index (κ2) is 13.9. The Morgan fingerprint density at radius 1 is 1.12 bits per heavy atom. The highest BCUT2D eigenvalue weighted by Gasteiger charge is 2.33. The minimum absolute atomic E-state index is 0. The van der Waals surface area contributed by atoms with Gasteiger partial charge >= 0.3 is 6.09 Å². The van der Waals surface area contributed by atoms with Crippen molar-refractivity contribution in [2.45, 2.75) is 64.9 Å². The number of carbonyl (C=O) groups is 1. The number of anilines is 1. The van der Waals surface area contributed by atoms with Gasteiger partial charge in [-0.3, -0.25) is 10.3 Å². The molecule has 0 heterocycles. The van der Waals surface area contributed by atoms with Crippen LogP contribution < -0.4 is 16.0 Å². The largest absolute Gasteiger partial charge is 0.444 e. The summed E-state index contributed by atoms with van der Waals surface area (Å²) in [6.45, 7) is 8.06. The minimum Gasteiger partial charge on any atom is -0.444 e. The van der Waals surface area contributed by atoms with Crippen molar-refractivity contribution in [3.05, 3.63) is 29.8 Å². The molecule has 1 aliphatic rings. The van der Waals surface area contributed by atoms with Gasteiger partial charge in [-0.05, 0) is 69.6 Å². The Morgan fingerprint density at radius 3 is 2.34 bits per heavy atom. The van der Waals surface area contributed by atoms with E-state index in [2.05, 4.69) is 20.9 Å². The Kier molecular flexibility index (Phi) is 12.3. The lowest BCUT2D eigenvalue weighted by Gasteiger charge is -2.30. The molecule has 0 aliphatic heterocycles. The number of aliphatic imine (C=N–C) groups is 1. The molecule has 0 radical (unpaired) electrons. The zero-order valence-electron chi connectivity index (χ0n) is 20.3. The van der Waals surface area contributed by atoms with Gasteiger partial charge < -0.3 is 20.1 Å². The van der Waals surface area contributed by atoms with Crippen molar-refractivity contribution in [3.63, 3.8) is 0 Å². The Bertz CT molecular complexity index is 711. The van der Waals surface area contributed by atoms with Crippen molar-refractivity contribution in [2.24, 2.45) is 10.4 Å². The van der Waals surface area contributed by atoms with Crippen molar-refractivity contribution < 1.29 is 14.3 Å². The number of amides is 1. The number of hydrogen-bond donors (Lipinski definition) is 3. The third-order valence-corrected chi connectivity index (χ3v) is 5.66.